The number of unbranched alkanes of at least 4 members (excludes halogenated alkanes) is 2. The largest absolute Gasteiger partial charge is 0.392 e. The smallest absolute Gasteiger partial charge is 0.220 e. The minimum Gasteiger partial charge on any atom is -0.392 e. The van der Waals surface area contributed by atoms with Crippen LogP contribution in [0.4, 0.5) is 0 Å². The van der Waals surface area contributed by atoms with Crippen LogP contribution in [0.3, 0.4) is 0 Å². The van der Waals surface area contributed by atoms with Crippen LogP contribution in [0.2, 0.25) is 0 Å². The van der Waals surface area contributed by atoms with Gasteiger partial charge in [-0.3, -0.25) is 4.79 Å². The van der Waals surface area contributed by atoms with Crippen LogP contribution in [0.15, 0.2) is 54.1 Å². The van der Waals surface area contributed by atoms with Crippen molar-refractivity contribution in [2.45, 2.75) is 96.8 Å². The van der Waals surface area contributed by atoms with E-state index in [1.165, 1.54) is 24.8 Å². The summed E-state index contributed by atoms with van der Waals surface area (Å²) in [5.41, 5.74) is 2.61. The number of carbonyl (C=O) groups is 1. The van der Waals surface area contributed by atoms with Crippen molar-refractivity contribution in [1.82, 2.24) is 5.32 Å². The van der Waals surface area contributed by atoms with Crippen LogP contribution in [-0.2, 0) is 11.3 Å². The Morgan fingerprint density at radius 2 is 2.00 bits per heavy atom. The van der Waals surface area contributed by atoms with Crippen LogP contribution in [0.25, 0.3) is 0 Å². The standard InChI is InChI=1S/C30H45NO3/c1-3-4-10-22(2)17-26(32)15-16-27-28-19-24(18-25(28)20-29(27)33)13-8-9-14-30(34)31-21-23-11-6-5-7-12-23/h5-7,11-12,15-16,18,22,25-29,32-33H,3-4,8-10,13-14,17,19-21H2,1-2H3,(H,31,34)/t22-,25-,26+,27+,28-,29+/m0/s1. The summed E-state index contributed by atoms with van der Waals surface area (Å²) in [6, 6.07) is 10.0. The number of fused-ring (bicyclic) bond motifs is 1. The highest BCUT2D eigenvalue weighted by molar-refractivity contribution is 5.75. The highest BCUT2D eigenvalue weighted by Gasteiger charge is 2.43. The van der Waals surface area contributed by atoms with Crippen molar-refractivity contribution in [3.8, 4) is 0 Å². The molecule has 0 aromatic heterocycles. The molecular weight excluding hydrogens is 422 g/mol. The maximum absolute atomic E-state index is 12.1. The Hall–Kier alpha value is -1.91. The number of hydrogen-bond donors (Lipinski definition) is 3. The fourth-order valence-corrected chi connectivity index (χ4v) is 5.73. The van der Waals surface area contributed by atoms with E-state index in [9.17, 15) is 15.0 Å². The number of rotatable bonds is 14. The zero-order valence-corrected chi connectivity index (χ0v) is 21.2. The number of aliphatic hydroxyl groups is 2. The summed E-state index contributed by atoms with van der Waals surface area (Å²) in [6.07, 6.45) is 15.5. The van der Waals surface area contributed by atoms with Crippen molar-refractivity contribution in [3.63, 3.8) is 0 Å². The van der Waals surface area contributed by atoms with Gasteiger partial charge in [0.25, 0.3) is 0 Å². The van der Waals surface area contributed by atoms with Crippen molar-refractivity contribution < 1.29 is 15.0 Å². The second kappa shape index (κ2) is 13.8. The van der Waals surface area contributed by atoms with E-state index in [0.29, 0.717) is 30.7 Å². The molecule has 2 aliphatic carbocycles. The van der Waals surface area contributed by atoms with Gasteiger partial charge in [-0.1, -0.05) is 87.2 Å². The molecule has 0 unspecified atom stereocenters. The van der Waals surface area contributed by atoms with Crippen molar-refractivity contribution in [3.05, 3.63) is 59.7 Å². The van der Waals surface area contributed by atoms with Gasteiger partial charge >= 0.3 is 0 Å². The predicted octanol–water partition coefficient (Wildman–Crippen LogP) is 5.94. The average molecular weight is 468 g/mol. The Morgan fingerprint density at radius 1 is 1.21 bits per heavy atom. The van der Waals surface area contributed by atoms with Gasteiger partial charge in [-0.15, -0.1) is 0 Å². The van der Waals surface area contributed by atoms with Gasteiger partial charge in [0.1, 0.15) is 0 Å². The van der Waals surface area contributed by atoms with Gasteiger partial charge in [0, 0.05) is 18.9 Å². The Bertz CT molecular complexity index is 803. The van der Waals surface area contributed by atoms with Crippen LogP contribution in [0.1, 0.15) is 83.6 Å². The molecule has 1 aromatic carbocycles. The summed E-state index contributed by atoms with van der Waals surface area (Å²) in [7, 11) is 0. The van der Waals surface area contributed by atoms with E-state index in [1.54, 1.807) is 0 Å². The van der Waals surface area contributed by atoms with E-state index in [0.717, 1.165) is 44.1 Å². The predicted molar refractivity (Wildman–Crippen MR) is 139 cm³/mol. The Labute approximate surface area is 206 Å². The first-order valence-corrected chi connectivity index (χ1v) is 13.5. The maximum Gasteiger partial charge on any atom is 0.220 e. The third-order valence-corrected chi connectivity index (χ3v) is 7.68. The molecule has 188 valence electrons. The van der Waals surface area contributed by atoms with Crippen LogP contribution < -0.4 is 5.32 Å². The number of hydrogen-bond acceptors (Lipinski definition) is 3. The van der Waals surface area contributed by atoms with Crippen molar-refractivity contribution in [1.29, 1.82) is 0 Å². The SMILES string of the molecule is CCCC[C@H](C)C[C@H](O)C=C[C@@H]1[C@H]2CC(CCCCC(=O)NCc3ccccc3)=C[C@H]2C[C@H]1O. The quantitative estimate of drug-likeness (QED) is 0.234. The lowest BCUT2D eigenvalue weighted by molar-refractivity contribution is -0.121. The van der Waals surface area contributed by atoms with E-state index >= 15 is 0 Å². The molecule has 2 aliphatic rings. The molecule has 1 aromatic rings. The van der Waals surface area contributed by atoms with Crippen LogP contribution in [0, 0.1) is 23.7 Å². The number of aliphatic hydroxyl groups excluding tert-OH is 2. The lowest BCUT2D eigenvalue weighted by Crippen LogP contribution is -2.22. The molecule has 6 atom stereocenters. The van der Waals surface area contributed by atoms with E-state index in [-0.39, 0.29) is 17.9 Å². The van der Waals surface area contributed by atoms with Crippen LogP contribution in [-0.4, -0.2) is 28.3 Å². The molecule has 34 heavy (non-hydrogen) atoms. The summed E-state index contributed by atoms with van der Waals surface area (Å²) in [5, 5.41) is 24.0. The third kappa shape index (κ3) is 8.39. The Kier molecular flexibility index (Phi) is 10.9. The van der Waals surface area contributed by atoms with Crippen molar-refractivity contribution in [2.75, 3.05) is 0 Å². The molecular formula is C30H45NO3. The summed E-state index contributed by atoms with van der Waals surface area (Å²) in [6.45, 7) is 5.01. The van der Waals surface area contributed by atoms with Gasteiger partial charge < -0.3 is 15.5 Å². The molecule has 0 aliphatic heterocycles. The molecule has 1 saturated carbocycles. The summed E-state index contributed by atoms with van der Waals surface area (Å²) < 4.78 is 0. The Balaban J connectivity index is 1.35. The second-order valence-corrected chi connectivity index (χ2v) is 10.6. The molecule has 1 amide bonds. The first-order valence-electron chi connectivity index (χ1n) is 13.5. The van der Waals surface area contributed by atoms with Crippen molar-refractivity contribution in [2.24, 2.45) is 23.7 Å². The molecule has 0 radical (unpaired) electrons. The lowest BCUT2D eigenvalue weighted by Gasteiger charge is -2.19. The topological polar surface area (TPSA) is 69.6 Å². The van der Waals surface area contributed by atoms with Crippen LogP contribution in [0.5, 0.6) is 0 Å². The monoisotopic (exact) mass is 467 g/mol. The summed E-state index contributed by atoms with van der Waals surface area (Å²) in [4.78, 5) is 12.1. The molecule has 0 heterocycles. The zero-order chi connectivity index (χ0) is 24.3. The van der Waals surface area contributed by atoms with Gasteiger partial charge in [-0.2, -0.15) is 0 Å². The van der Waals surface area contributed by atoms with Gasteiger partial charge in [-0.05, 0) is 61.8 Å². The zero-order valence-electron chi connectivity index (χ0n) is 21.2. The number of nitrogens with one attached hydrogen (secondary N) is 1. The molecule has 4 heteroatoms. The highest BCUT2D eigenvalue weighted by atomic mass is 16.3. The summed E-state index contributed by atoms with van der Waals surface area (Å²) >= 11 is 0. The summed E-state index contributed by atoms with van der Waals surface area (Å²) in [5.74, 6) is 1.70. The van der Waals surface area contributed by atoms with E-state index < -0.39 is 6.10 Å². The van der Waals surface area contributed by atoms with E-state index in [1.807, 2.05) is 36.4 Å². The number of carbonyl (C=O) groups excluding carboxylic acids is 1. The third-order valence-electron chi connectivity index (χ3n) is 7.68. The minimum absolute atomic E-state index is 0.122. The molecule has 3 rings (SSSR count). The first-order chi connectivity index (χ1) is 16.5. The van der Waals surface area contributed by atoms with Gasteiger partial charge in [-0.25, -0.2) is 0 Å². The van der Waals surface area contributed by atoms with E-state index in [2.05, 4.69) is 31.3 Å². The molecule has 1 fully saturated rings. The minimum atomic E-state index is -0.417. The average Bonchev–Trinajstić information content (AvgIpc) is 3.34. The normalized spacial score (nSPS) is 25.8. The number of allylic oxidation sites excluding steroid dienone is 2. The first kappa shape index (κ1) is 26.7. The molecule has 0 bridgehead atoms. The maximum atomic E-state index is 12.1. The van der Waals surface area contributed by atoms with Crippen LogP contribution >= 0.6 is 0 Å². The molecule has 0 saturated heterocycles. The van der Waals surface area contributed by atoms with Gasteiger partial charge in [0.15, 0.2) is 0 Å². The van der Waals surface area contributed by atoms with Gasteiger partial charge in [0.2, 0.25) is 5.91 Å². The van der Waals surface area contributed by atoms with Crippen molar-refractivity contribution >= 4 is 5.91 Å². The van der Waals surface area contributed by atoms with Gasteiger partial charge in [0.05, 0.1) is 12.2 Å². The molecule has 4 nitrogen and oxygen atoms in total. The molecule has 0 spiro atoms. The Morgan fingerprint density at radius 3 is 2.76 bits per heavy atom. The fraction of sp³-hybridized carbons (Fsp3) is 0.633. The highest BCUT2D eigenvalue weighted by Crippen LogP contribution is 2.48. The second-order valence-electron chi connectivity index (χ2n) is 10.6. The molecule has 3 N–H and O–H groups in total. The number of amides is 1. The number of benzene rings is 1. The van der Waals surface area contributed by atoms with E-state index in [4.69, 9.17) is 0 Å². The fourth-order valence-electron chi connectivity index (χ4n) is 5.73. The lowest BCUT2D eigenvalue weighted by atomic mass is 9.88.